The summed E-state index contributed by atoms with van der Waals surface area (Å²) in [7, 11) is 1.62. The molecule has 5 heteroatoms. The summed E-state index contributed by atoms with van der Waals surface area (Å²) in [5, 5.41) is 3.88. The quantitative estimate of drug-likeness (QED) is 0.729. The minimum absolute atomic E-state index is 0.209. The highest BCUT2D eigenvalue weighted by atomic mass is 19.1. The molecule has 2 rings (SSSR count). The molecule has 0 unspecified atom stereocenters. The van der Waals surface area contributed by atoms with Crippen molar-refractivity contribution in [2.45, 2.75) is 6.54 Å². The second-order valence-electron chi connectivity index (χ2n) is 3.31. The Balaban J connectivity index is 2.30. The van der Waals surface area contributed by atoms with Crippen LogP contribution >= 0.6 is 0 Å². The van der Waals surface area contributed by atoms with E-state index in [1.165, 1.54) is 27.7 Å². The number of hydrogen-bond donors (Lipinski definition) is 0. The Bertz CT molecular complexity index is 529. The van der Waals surface area contributed by atoms with Crippen LogP contribution in [0.1, 0.15) is 5.56 Å². The number of rotatable bonds is 2. The van der Waals surface area contributed by atoms with Crippen LogP contribution in [0.2, 0.25) is 0 Å². The zero-order chi connectivity index (χ0) is 10.8. The molecule has 0 amide bonds. The van der Waals surface area contributed by atoms with Gasteiger partial charge < -0.3 is 0 Å². The lowest BCUT2D eigenvalue weighted by Gasteiger charge is -1.99. The Morgan fingerprint density at radius 3 is 2.87 bits per heavy atom. The first-order chi connectivity index (χ1) is 7.16. The van der Waals surface area contributed by atoms with Crippen molar-refractivity contribution >= 4 is 0 Å². The number of nitrogens with zero attached hydrogens (tertiary/aromatic N) is 3. The van der Waals surface area contributed by atoms with E-state index in [-0.39, 0.29) is 18.1 Å². The Kier molecular flexibility index (Phi) is 2.37. The van der Waals surface area contributed by atoms with Crippen molar-refractivity contribution in [3.8, 4) is 0 Å². The molecule has 1 aromatic heterocycles. The van der Waals surface area contributed by atoms with E-state index in [2.05, 4.69) is 5.10 Å². The zero-order valence-corrected chi connectivity index (χ0v) is 8.22. The molecule has 0 N–H and O–H groups in total. The standard InChI is InChI=1S/C10H10FN3O/c1-13-7-12-14(10(13)15)6-8-3-2-4-9(11)5-8/h2-5,7H,6H2,1H3. The highest BCUT2D eigenvalue weighted by Gasteiger charge is 2.02. The second-order valence-corrected chi connectivity index (χ2v) is 3.31. The van der Waals surface area contributed by atoms with Gasteiger partial charge in [-0.3, -0.25) is 4.57 Å². The van der Waals surface area contributed by atoms with Gasteiger partial charge in [0, 0.05) is 7.05 Å². The molecule has 0 spiro atoms. The van der Waals surface area contributed by atoms with Crippen LogP contribution in [0.5, 0.6) is 0 Å². The Labute approximate surface area is 85.6 Å². The summed E-state index contributed by atoms with van der Waals surface area (Å²) < 4.78 is 15.5. The summed E-state index contributed by atoms with van der Waals surface area (Å²) in [6, 6.07) is 6.12. The van der Waals surface area contributed by atoms with Crippen molar-refractivity contribution in [3.05, 3.63) is 52.5 Å². The van der Waals surface area contributed by atoms with E-state index in [1.54, 1.807) is 19.2 Å². The number of hydrogen-bond acceptors (Lipinski definition) is 2. The Morgan fingerprint density at radius 2 is 2.27 bits per heavy atom. The van der Waals surface area contributed by atoms with Crippen LogP contribution in [0.25, 0.3) is 0 Å². The molecule has 4 nitrogen and oxygen atoms in total. The van der Waals surface area contributed by atoms with E-state index in [4.69, 9.17) is 0 Å². The van der Waals surface area contributed by atoms with Gasteiger partial charge in [-0.25, -0.2) is 13.9 Å². The predicted molar refractivity (Wildman–Crippen MR) is 53.0 cm³/mol. The van der Waals surface area contributed by atoms with Gasteiger partial charge in [0.05, 0.1) is 6.54 Å². The van der Waals surface area contributed by atoms with Crippen LogP contribution in [-0.4, -0.2) is 14.3 Å². The molecule has 1 aromatic carbocycles. The van der Waals surface area contributed by atoms with Crippen LogP contribution < -0.4 is 5.69 Å². The van der Waals surface area contributed by atoms with Crippen LogP contribution in [-0.2, 0) is 13.6 Å². The van der Waals surface area contributed by atoms with Gasteiger partial charge >= 0.3 is 5.69 Å². The first-order valence-corrected chi connectivity index (χ1v) is 4.50. The largest absolute Gasteiger partial charge is 0.345 e. The Hall–Kier alpha value is -1.91. The van der Waals surface area contributed by atoms with Crippen LogP contribution in [0.4, 0.5) is 4.39 Å². The molecule has 0 aliphatic heterocycles. The van der Waals surface area contributed by atoms with Crippen molar-refractivity contribution in [3.63, 3.8) is 0 Å². The van der Waals surface area contributed by atoms with Gasteiger partial charge in [0.15, 0.2) is 0 Å². The maximum Gasteiger partial charge on any atom is 0.345 e. The van der Waals surface area contributed by atoms with Crippen molar-refractivity contribution in [1.82, 2.24) is 14.3 Å². The van der Waals surface area contributed by atoms with E-state index >= 15 is 0 Å². The molecule has 2 aromatic rings. The maximum atomic E-state index is 12.9. The van der Waals surface area contributed by atoms with Gasteiger partial charge in [-0.15, -0.1) is 0 Å². The molecular formula is C10H10FN3O. The van der Waals surface area contributed by atoms with Crippen LogP contribution in [0, 0.1) is 5.82 Å². The minimum atomic E-state index is -0.309. The highest BCUT2D eigenvalue weighted by Crippen LogP contribution is 2.03. The molecule has 78 valence electrons. The predicted octanol–water partition coefficient (Wildman–Crippen LogP) is 0.769. The van der Waals surface area contributed by atoms with E-state index in [9.17, 15) is 9.18 Å². The Morgan fingerprint density at radius 1 is 1.47 bits per heavy atom. The molecule has 15 heavy (non-hydrogen) atoms. The van der Waals surface area contributed by atoms with Crippen LogP contribution in [0.15, 0.2) is 35.4 Å². The molecular weight excluding hydrogens is 197 g/mol. The molecule has 0 bridgehead atoms. The van der Waals surface area contributed by atoms with Crippen LogP contribution in [0.3, 0.4) is 0 Å². The number of aromatic nitrogens is 3. The smallest absolute Gasteiger partial charge is 0.285 e. The molecule has 0 aliphatic rings. The number of benzene rings is 1. The molecule has 0 atom stereocenters. The van der Waals surface area contributed by atoms with Crippen molar-refractivity contribution in [2.24, 2.45) is 7.05 Å². The van der Waals surface area contributed by atoms with Crippen molar-refractivity contribution in [1.29, 1.82) is 0 Å². The molecule has 0 saturated carbocycles. The molecule has 0 fully saturated rings. The zero-order valence-electron chi connectivity index (χ0n) is 8.22. The summed E-state index contributed by atoms with van der Waals surface area (Å²) in [4.78, 5) is 11.4. The van der Waals surface area contributed by atoms with Gasteiger partial charge in [0.25, 0.3) is 0 Å². The van der Waals surface area contributed by atoms with Gasteiger partial charge in [-0.1, -0.05) is 12.1 Å². The van der Waals surface area contributed by atoms with Gasteiger partial charge in [-0.05, 0) is 17.7 Å². The average Bonchev–Trinajstić information content (AvgIpc) is 2.50. The molecule has 0 aliphatic carbocycles. The summed E-state index contributed by atoms with van der Waals surface area (Å²) in [5.74, 6) is -0.309. The number of halogens is 1. The normalized spacial score (nSPS) is 10.5. The molecule has 1 heterocycles. The first kappa shape index (κ1) is 9.64. The van der Waals surface area contributed by atoms with E-state index in [0.29, 0.717) is 0 Å². The third-order valence-electron chi connectivity index (χ3n) is 2.11. The SMILES string of the molecule is Cn1cnn(Cc2cccc(F)c2)c1=O. The lowest BCUT2D eigenvalue weighted by Crippen LogP contribution is -2.23. The topological polar surface area (TPSA) is 39.8 Å². The highest BCUT2D eigenvalue weighted by molar-refractivity contribution is 5.16. The second kappa shape index (κ2) is 3.68. The maximum absolute atomic E-state index is 12.9. The van der Waals surface area contributed by atoms with Gasteiger partial charge in [-0.2, -0.15) is 5.10 Å². The monoisotopic (exact) mass is 207 g/mol. The number of aryl methyl sites for hydroxylation is 1. The van der Waals surface area contributed by atoms with Crippen molar-refractivity contribution in [2.75, 3.05) is 0 Å². The summed E-state index contributed by atoms with van der Waals surface area (Å²) in [6.45, 7) is 0.289. The van der Waals surface area contributed by atoms with Gasteiger partial charge in [0.2, 0.25) is 0 Å². The van der Waals surface area contributed by atoms with E-state index in [0.717, 1.165) is 5.56 Å². The lowest BCUT2D eigenvalue weighted by molar-refractivity contribution is 0.613. The van der Waals surface area contributed by atoms with E-state index < -0.39 is 0 Å². The van der Waals surface area contributed by atoms with Crippen molar-refractivity contribution < 1.29 is 4.39 Å². The average molecular weight is 207 g/mol. The van der Waals surface area contributed by atoms with Gasteiger partial charge in [0.1, 0.15) is 12.1 Å². The summed E-state index contributed by atoms with van der Waals surface area (Å²) in [5.41, 5.74) is 0.509. The summed E-state index contributed by atoms with van der Waals surface area (Å²) >= 11 is 0. The fourth-order valence-corrected chi connectivity index (χ4v) is 1.34. The molecule has 0 radical (unpaired) electrons. The van der Waals surface area contributed by atoms with E-state index in [1.807, 2.05) is 0 Å². The minimum Gasteiger partial charge on any atom is -0.285 e. The third-order valence-corrected chi connectivity index (χ3v) is 2.11. The summed E-state index contributed by atoms with van der Waals surface area (Å²) in [6.07, 6.45) is 1.43. The lowest BCUT2D eigenvalue weighted by atomic mass is 10.2. The third kappa shape index (κ3) is 1.96. The molecule has 0 saturated heterocycles. The fourth-order valence-electron chi connectivity index (χ4n) is 1.34. The fraction of sp³-hybridized carbons (Fsp3) is 0.200. The first-order valence-electron chi connectivity index (χ1n) is 4.50.